The van der Waals surface area contributed by atoms with Crippen molar-refractivity contribution < 1.29 is 9.90 Å². The molecule has 22 heavy (non-hydrogen) atoms. The second-order valence-corrected chi connectivity index (χ2v) is 6.82. The molecule has 5 nitrogen and oxygen atoms in total. The predicted octanol–water partition coefficient (Wildman–Crippen LogP) is 3.16. The van der Waals surface area contributed by atoms with Crippen LogP contribution in [0.15, 0.2) is 24.3 Å². The van der Waals surface area contributed by atoms with Crippen molar-refractivity contribution in [1.29, 1.82) is 5.26 Å². The topological polar surface area (TPSA) is 67.6 Å². The van der Waals surface area contributed by atoms with E-state index < -0.39 is 6.09 Å². The molecule has 1 atom stereocenters. The minimum atomic E-state index is -0.854. The molecule has 1 heterocycles. The van der Waals surface area contributed by atoms with Gasteiger partial charge in [-0.15, -0.1) is 0 Å². The first-order valence-corrected chi connectivity index (χ1v) is 7.57. The van der Waals surface area contributed by atoms with E-state index in [4.69, 9.17) is 5.26 Å². The Kier molecular flexibility index (Phi) is 4.60. The van der Waals surface area contributed by atoms with Crippen molar-refractivity contribution in [3.05, 3.63) is 29.8 Å². The first-order valence-electron chi connectivity index (χ1n) is 7.57. The third-order valence-corrected chi connectivity index (χ3v) is 4.18. The normalized spacial score (nSPS) is 19.5. The second-order valence-electron chi connectivity index (χ2n) is 6.82. The van der Waals surface area contributed by atoms with Crippen molar-refractivity contribution in [2.24, 2.45) is 5.41 Å². The van der Waals surface area contributed by atoms with Gasteiger partial charge in [0.25, 0.3) is 0 Å². The molecule has 118 valence electrons. The van der Waals surface area contributed by atoms with Crippen LogP contribution in [0.5, 0.6) is 0 Å². The summed E-state index contributed by atoms with van der Waals surface area (Å²) in [5.74, 6) is 0. The molecule has 1 aromatic carbocycles. The average Bonchev–Trinajstić information content (AvgIpc) is 2.70. The lowest BCUT2D eigenvalue weighted by atomic mass is 9.85. The Balaban J connectivity index is 2.31. The standard InChI is InChI=1S/C17H23N3O2/c1-17(2,3)15-12-19(8-5-9-20(15)16(21)22)14-7-4-6-13(10-14)11-18/h4,6-7,10,15H,5,8-9,12H2,1-3H3,(H,21,22). The second kappa shape index (κ2) is 6.27. The van der Waals surface area contributed by atoms with Gasteiger partial charge in [0.15, 0.2) is 0 Å². The number of hydrogen-bond acceptors (Lipinski definition) is 3. The number of benzene rings is 1. The fraction of sp³-hybridized carbons (Fsp3) is 0.529. The zero-order valence-electron chi connectivity index (χ0n) is 13.4. The summed E-state index contributed by atoms with van der Waals surface area (Å²) >= 11 is 0. The Morgan fingerprint density at radius 1 is 1.36 bits per heavy atom. The third-order valence-electron chi connectivity index (χ3n) is 4.18. The summed E-state index contributed by atoms with van der Waals surface area (Å²) in [4.78, 5) is 15.3. The lowest BCUT2D eigenvalue weighted by Gasteiger charge is -2.39. The first-order chi connectivity index (χ1) is 10.3. The van der Waals surface area contributed by atoms with Crippen LogP contribution in [0.4, 0.5) is 10.5 Å². The number of anilines is 1. The zero-order chi connectivity index (χ0) is 16.3. The minimum absolute atomic E-state index is 0.0850. The largest absolute Gasteiger partial charge is 0.465 e. The van der Waals surface area contributed by atoms with Gasteiger partial charge < -0.3 is 14.9 Å². The van der Waals surface area contributed by atoms with Crippen LogP contribution in [0.25, 0.3) is 0 Å². The molecule has 0 bridgehead atoms. The summed E-state index contributed by atoms with van der Waals surface area (Å²) < 4.78 is 0. The molecular weight excluding hydrogens is 278 g/mol. The number of carbonyl (C=O) groups is 1. The van der Waals surface area contributed by atoms with Crippen molar-refractivity contribution in [2.75, 3.05) is 24.5 Å². The predicted molar refractivity (Wildman–Crippen MR) is 86.0 cm³/mol. The molecule has 1 N–H and O–H groups in total. The Bertz CT molecular complexity index is 586. The van der Waals surface area contributed by atoms with E-state index in [1.807, 2.05) is 18.2 Å². The van der Waals surface area contributed by atoms with Gasteiger partial charge in [0.1, 0.15) is 0 Å². The van der Waals surface area contributed by atoms with E-state index in [2.05, 4.69) is 31.7 Å². The van der Waals surface area contributed by atoms with Crippen LogP contribution in [-0.2, 0) is 0 Å². The maximum atomic E-state index is 11.6. The molecule has 1 unspecified atom stereocenters. The SMILES string of the molecule is CC(C)(C)C1CN(c2cccc(C#N)c2)CCCN1C(=O)O. The monoisotopic (exact) mass is 301 g/mol. The summed E-state index contributed by atoms with van der Waals surface area (Å²) in [6.45, 7) is 8.20. The van der Waals surface area contributed by atoms with E-state index in [-0.39, 0.29) is 11.5 Å². The van der Waals surface area contributed by atoms with Gasteiger partial charge in [-0.1, -0.05) is 26.8 Å². The maximum Gasteiger partial charge on any atom is 0.407 e. The van der Waals surface area contributed by atoms with Crippen LogP contribution in [-0.4, -0.2) is 41.8 Å². The first kappa shape index (κ1) is 16.2. The van der Waals surface area contributed by atoms with Crippen LogP contribution in [0.1, 0.15) is 32.8 Å². The van der Waals surface area contributed by atoms with Gasteiger partial charge in [0.2, 0.25) is 0 Å². The molecule has 0 aromatic heterocycles. The highest BCUT2D eigenvalue weighted by atomic mass is 16.4. The van der Waals surface area contributed by atoms with E-state index in [9.17, 15) is 9.90 Å². The van der Waals surface area contributed by atoms with Crippen molar-refractivity contribution in [3.8, 4) is 6.07 Å². The minimum Gasteiger partial charge on any atom is -0.465 e. The number of carboxylic acid groups (broad SMARTS) is 1. The average molecular weight is 301 g/mol. The van der Waals surface area contributed by atoms with Gasteiger partial charge in [-0.2, -0.15) is 5.26 Å². The van der Waals surface area contributed by atoms with Crippen LogP contribution in [0.3, 0.4) is 0 Å². The Hall–Kier alpha value is -2.22. The number of nitriles is 1. The molecule has 1 saturated heterocycles. The van der Waals surface area contributed by atoms with Crippen molar-refractivity contribution in [1.82, 2.24) is 4.90 Å². The Morgan fingerprint density at radius 3 is 2.68 bits per heavy atom. The van der Waals surface area contributed by atoms with E-state index in [0.717, 1.165) is 18.7 Å². The van der Waals surface area contributed by atoms with Crippen molar-refractivity contribution >= 4 is 11.8 Å². The summed E-state index contributed by atoms with van der Waals surface area (Å²) in [5.41, 5.74) is 1.47. The van der Waals surface area contributed by atoms with E-state index in [0.29, 0.717) is 18.7 Å². The Labute approximate surface area is 131 Å². The number of hydrogen-bond donors (Lipinski definition) is 1. The molecule has 0 aliphatic carbocycles. The highest BCUT2D eigenvalue weighted by Gasteiger charge is 2.36. The van der Waals surface area contributed by atoms with Crippen LogP contribution >= 0.6 is 0 Å². The van der Waals surface area contributed by atoms with Crippen LogP contribution in [0, 0.1) is 16.7 Å². The van der Waals surface area contributed by atoms with Gasteiger partial charge in [0, 0.05) is 25.3 Å². The highest BCUT2D eigenvalue weighted by molar-refractivity contribution is 5.66. The van der Waals surface area contributed by atoms with Crippen LogP contribution < -0.4 is 4.90 Å². The van der Waals surface area contributed by atoms with Crippen molar-refractivity contribution in [3.63, 3.8) is 0 Å². The van der Waals surface area contributed by atoms with Crippen molar-refractivity contribution in [2.45, 2.75) is 33.2 Å². The van der Waals surface area contributed by atoms with Gasteiger partial charge in [0.05, 0.1) is 17.7 Å². The third kappa shape index (κ3) is 3.51. The highest BCUT2D eigenvalue weighted by Crippen LogP contribution is 2.29. The molecule has 1 amide bonds. The summed E-state index contributed by atoms with van der Waals surface area (Å²) in [6.07, 6.45) is -0.0668. The lowest BCUT2D eigenvalue weighted by Crippen LogP contribution is -2.51. The van der Waals surface area contributed by atoms with E-state index in [1.165, 1.54) is 0 Å². The summed E-state index contributed by atoms with van der Waals surface area (Å²) in [6, 6.07) is 9.59. The smallest absolute Gasteiger partial charge is 0.407 e. The van der Waals surface area contributed by atoms with Gasteiger partial charge >= 0.3 is 6.09 Å². The fourth-order valence-corrected chi connectivity index (χ4v) is 2.96. The molecule has 1 fully saturated rings. The molecular formula is C17H23N3O2. The summed E-state index contributed by atoms with van der Waals surface area (Å²) in [5, 5.41) is 18.6. The van der Waals surface area contributed by atoms with E-state index in [1.54, 1.807) is 11.0 Å². The molecule has 5 heteroatoms. The van der Waals surface area contributed by atoms with Gasteiger partial charge in [-0.05, 0) is 30.0 Å². The van der Waals surface area contributed by atoms with Gasteiger partial charge in [-0.3, -0.25) is 0 Å². The number of amides is 1. The lowest BCUT2D eigenvalue weighted by molar-refractivity contribution is 0.0902. The molecule has 1 aromatic rings. The number of nitrogens with zero attached hydrogens (tertiary/aromatic N) is 3. The zero-order valence-corrected chi connectivity index (χ0v) is 13.4. The van der Waals surface area contributed by atoms with Crippen LogP contribution in [0.2, 0.25) is 0 Å². The molecule has 0 saturated carbocycles. The molecule has 1 aliphatic rings. The van der Waals surface area contributed by atoms with E-state index >= 15 is 0 Å². The number of rotatable bonds is 1. The maximum absolute atomic E-state index is 11.6. The van der Waals surface area contributed by atoms with Gasteiger partial charge in [-0.25, -0.2) is 4.79 Å². The Morgan fingerprint density at radius 2 is 2.09 bits per heavy atom. The molecule has 1 aliphatic heterocycles. The fourth-order valence-electron chi connectivity index (χ4n) is 2.96. The molecule has 2 rings (SSSR count). The molecule has 0 radical (unpaired) electrons. The quantitative estimate of drug-likeness (QED) is 0.865. The molecule has 0 spiro atoms. The summed E-state index contributed by atoms with van der Waals surface area (Å²) in [7, 11) is 0.